The van der Waals surface area contributed by atoms with Crippen molar-refractivity contribution in [2.24, 2.45) is 17.8 Å². The van der Waals surface area contributed by atoms with E-state index in [0.717, 1.165) is 58.4 Å². The van der Waals surface area contributed by atoms with E-state index in [1.54, 1.807) is 0 Å². The van der Waals surface area contributed by atoms with Gasteiger partial charge < -0.3 is 15.1 Å². The number of carbonyl (C=O) groups is 2. The van der Waals surface area contributed by atoms with Gasteiger partial charge in [-0.1, -0.05) is 20.3 Å². The molecular weight excluding hydrogens is 314 g/mol. The number of nitrogens with one attached hydrogen (secondary N) is 1. The highest BCUT2D eigenvalue weighted by atomic mass is 16.2. The molecule has 2 aliphatic heterocycles. The first-order chi connectivity index (χ1) is 12.0. The van der Waals surface area contributed by atoms with Crippen LogP contribution in [0.1, 0.15) is 58.8 Å². The van der Waals surface area contributed by atoms with Gasteiger partial charge in [-0.25, -0.2) is 0 Å². The van der Waals surface area contributed by atoms with Crippen molar-refractivity contribution < 1.29 is 9.59 Å². The van der Waals surface area contributed by atoms with Crippen LogP contribution in [0.4, 0.5) is 0 Å². The largest absolute Gasteiger partial charge is 0.346 e. The fraction of sp³-hybridized carbons (Fsp3) is 0.900. The Labute approximate surface area is 153 Å². The zero-order valence-electron chi connectivity index (χ0n) is 16.4. The second-order valence-electron chi connectivity index (χ2n) is 8.04. The van der Waals surface area contributed by atoms with E-state index in [9.17, 15) is 9.59 Å². The predicted molar refractivity (Wildman–Crippen MR) is 101 cm³/mol. The fourth-order valence-corrected chi connectivity index (χ4v) is 4.18. The Morgan fingerprint density at radius 1 is 1.16 bits per heavy atom. The molecule has 2 rings (SSSR count). The van der Waals surface area contributed by atoms with Crippen LogP contribution < -0.4 is 5.32 Å². The minimum absolute atomic E-state index is 0.104. The third-order valence-corrected chi connectivity index (χ3v) is 6.11. The van der Waals surface area contributed by atoms with E-state index in [1.165, 1.54) is 12.8 Å². The molecule has 2 saturated heterocycles. The molecule has 1 atom stereocenters. The molecule has 0 saturated carbocycles. The molecule has 1 N–H and O–H groups in total. The lowest BCUT2D eigenvalue weighted by Gasteiger charge is -2.35. The lowest BCUT2D eigenvalue weighted by atomic mass is 9.83. The standard InChI is InChI=1S/C20H37N3O2/c1-4-5-12-22(3)20(25)18-8-13-23(14-9-18)19(24)15-16(2)17-6-10-21-11-7-17/h16-18,21H,4-15H2,1-3H3. The first kappa shape index (κ1) is 20.2. The van der Waals surface area contributed by atoms with E-state index in [2.05, 4.69) is 19.2 Å². The van der Waals surface area contributed by atoms with Crippen LogP contribution in [-0.2, 0) is 9.59 Å². The topological polar surface area (TPSA) is 52.7 Å². The van der Waals surface area contributed by atoms with E-state index in [0.29, 0.717) is 18.3 Å². The van der Waals surface area contributed by atoms with Crippen molar-refractivity contribution in [3.8, 4) is 0 Å². The molecule has 144 valence electrons. The van der Waals surface area contributed by atoms with Crippen molar-refractivity contribution in [2.45, 2.75) is 58.8 Å². The average Bonchev–Trinajstić information content (AvgIpc) is 2.66. The second-order valence-corrected chi connectivity index (χ2v) is 8.04. The van der Waals surface area contributed by atoms with Gasteiger partial charge >= 0.3 is 0 Å². The zero-order chi connectivity index (χ0) is 18.2. The van der Waals surface area contributed by atoms with Crippen molar-refractivity contribution >= 4 is 11.8 Å². The van der Waals surface area contributed by atoms with E-state index in [1.807, 2.05) is 16.8 Å². The Bertz CT molecular complexity index is 427. The Balaban J connectivity index is 1.73. The summed E-state index contributed by atoms with van der Waals surface area (Å²) in [4.78, 5) is 29.0. The molecule has 0 spiro atoms. The summed E-state index contributed by atoms with van der Waals surface area (Å²) in [5.74, 6) is 1.80. The molecule has 0 bridgehead atoms. The summed E-state index contributed by atoms with van der Waals surface area (Å²) in [6, 6.07) is 0. The average molecular weight is 352 g/mol. The number of likely N-dealkylation sites (tertiary alicyclic amines) is 1. The van der Waals surface area contributed by atoms with Gasteiger partial charge in [-0.05, 0) is 57.0 Å². The number of piperidine rings is 2. The minimum Gasteiger partial charge on any atom is -0.346 e. The molecule has 1 unspecified atom stereocenters. The summed E-state index contributed by atoms with van der Waals surface area (Å²) in [6.45, 7) is 8.89. The van der Waals surface area contributed by atoms with Crippen LogP contribution >= 0.6 is 0 Å². The summed E-state index contributed by atoms with van der Waals surface area (Å²) in [7, 11) is 1.91. The molecule has 25 heavy (non-hydrogen) atoms. The highest BCUT2D eigenvalue weighted by Gasteiger charge is 2.30. The van der Waals surface area contributed by atoms with Gasteiger partial charge in [-0.3, -0.25) is 9.59 Å². The van der Waals surface area contributed by atoms with Gasteiger partial charge in [-0.2, -0.15) is 0 Å². The molecule has 2 amide bonds. The molecule has 2 heterocycles. The fourth-order valence-electron chi connectivity index (χ4n) is 4.18. The van der Waals surface area contributed by atoms with Gasteiger partial charge in [0.2, 0.25) is 11.8 Å². The first-order valence-corrected chi connectivity index (χ1v) is 10.3. The number of nitrogens with zero attached hydrogens (tertiary/aromatic N) is 2. The maximum Gasteiger partial charge on any atom is 0.225 e. The molecule has 2 fully saturated rings. The number of amides is 2. The van der Waals surface area contributed by atoms with Crippen LogP contribution in [0.15, 0.2) is 0 Å². The van der Waals surface area contributed by atoms with E-state index in [-0.39, 0.29) is 17.7 Å². The zero-order valence-corrected chi connectivity index (χ0v) is 16.4. The molecule has 5 heteroatoms. The number of hydrogen-bond acceptors (Lipinski definition) is 3. The van der Waals surface area contributed by atoms with Crippen molar-refractivity contribution in [1.82, 2.24) is 15.1 Å². The summed E-state index contributed by atoms with van der Waals surface area (Å²) in [6.07, 6.45) is 6.86. The number of hydrogen-bond donors (Lipinski definition) is 1. The molecule has 0 aromatic rings. The number of unbranched alkanes of at least 4 members (excludes halogenated alkanes) is 1. The third-order valence-electron chi connectivity index (χ3n) is 6.11. The van der Waals surface area contributed by atoms with Crippen LogP contribution in [0.3, 0.4) is 0 Å². The van der Waals surface area contributed by atoms with Crippen LogP contribution in [0.2, 0.25) is 0 Å². The second kappa shape index (κ2) is 10.1. The quantitative estimate of drug-likeness (QED) is 0.767. The summed E-state index contributed by atoms with van der Waals surface area (Å²) < 4.78 is 0. The lowest BCUT2D eigenvalue weighted by molar-refractivity contribution is -0.140. The lowest BCUT2D eigenvalue weighted by Crippen LogP contribution is -2.44. The number of rotatable bonds is 7. The van der Waals surface area contributed by atoms with Crippen LogP contribution in [0, 0.1) is 17.8 Å². The Kier molecular flexibility index (Phi) is 8.20. The van der Waals surface area contributed by atoms with Crippen LogP contribution in [0.25, 0.3) is 0 Å². The van der Waals surface area contributed by atoms with Crippen LogP contribution in [-0.4, -0.2) is 61.4 Å². The summed E-state index contributed by atoms with van der Waals surface area (Å²) >= 11 is 0. The Hall–Kier alpha value is -1.10. The molecule has 0 aromatic heterocycles. The van der Waals surface area contributed by atoms with Gasteiger partial charge in [0, 0.05) is 39.0 Å². The van der Waals surface area contributed by atoms with E-state index in [4.69, 9.17) is 0 Å². The predicted octanol–water partition coefficient (Wildman–Crippen LogP) is 2.51. The van der Waals surface area contributed by atoms with Crippen molar-refractivity contribution in [3.63, 3.8) is 0 Å². The molecule has 5 nitrogen and oxygen atoms in total. The molecule has 0 radical (unpaired) electrons. The van der Waals surface area contributed by atoms with Gasteiger partial charge in [-0.15, -0.1) is 0 Å². The summed E-state index contributed by atoms with van der Waals surface area (Å²) in [5, 5.41) is 3.39. The van der Waals surface area contributed by atoms with E-state index >= 15 is 0 Å². The van der Waals surface area contributed by atoms with E-state index < -0.39 is 0 Å². The van der Waals surface area contributed by atoms with Crippen LogP contribution in [0.5, 0.6) is 0 Å². The monoisotopic (exact) mass is 351 g/mol. The third kappa shape index (κ3) is 5.98. The molecule has 0 aromatic carbocycles. The van der Waals surface area contributed by atoms with Gasteiger partial charge in [0.15, 0.2) is 0 Å². The maximum absolute atomic E-state index is 12.6. The SMILES string of the molecule is CCCCN(C)C(=O)C1CCN(C(=O)CC(C)C2CCNCC2)CC1. The van der Waals surface area contributed by atoms with Crippen molar-refractivity contribution in [1.29, 1.82) is 0 Å². The smallest absolute Gasteiger partial charge is 0.225 e. The normalized spacial score (nSPS) is 21.2. The summed E-state index contributed by atoms with van der Waals surface area (Å²) in [5.41, 5.74) is 0. The first-order valence-electron chi connectivity index (χ1n) is 10.3. The number of carbonyl (C=O) groups excluding carboxylic acids is 2. The molecular formula is C20H37N3O2. The maximum atomic E-state index is 12.6. The molecule has 0 aliphatic carbocycles. The Morgan fingerprint density at radius 3 is 2.40 bits per heavy atom. The molecule has 2 aliphatic rings. The highest BCUT2D eigenvalue weighted by molar-refractivity contribution is 5.80. The van der Waals surface area contributed by atoms with Gasteiger partial charge in [0.25, 0.3) is 0 Å². The van der Waals surface area contributed by atoms with Crippen molar-refractivity contribution in [2.75, 3.05) is 39.8 Å². The Morgan fingerprint density at radius 2 is 1.80 bits per heavy atom. The highest BCUT2D eigenvalue weighted by Crippen LogP contribution is 2.26. The van der Waals surface area contributed by atoms with Gasteiger partial charge in [0.1, 0.15) is 0 Å². The van der Waals surface area contributed by atoms with Gasteiger partial charge in [0.05, 0.1) is 0 Å². The minimum atomic E-state index is 0.104. The van der Waals surface area contributed by atoms with Crippen molar-refractivity contribution in [3.05, 3.63) is 0 Å².